The third kappa shape index (κ3) is 4.20. The molecule has 5 heteroatoms. The van der Waals surface area contributed by atoms with Crippen LogP contribution in [0.2, 0.25) is 0 Å². The van der Waals surface area contributed by atoms with E-state index < -0.39 is 0 Å². The van der Waals surface area contributed by atoms with Crippen LogP contribution in [0, 0.1) is 0 Å². The van der Waals surface area contributed by atoms with Gasteiger partial charge in [0.05, 0.1) is 7.11 Å². The van der Waals surface area contributed by atoms with E-state index in [9.17, 15) is 4.79 Å². The first-order valence-corrected chi connectivity index (χ1v) is 8.06. The number of hydrogen-bond donors (Lipinski definition) is 0. The Kier molecular flexibility index (Phi) is 5.36. The summed E-state index contributed by atoms with van der Waals surface area (Å²) in [6, 6.07) is 23.0. The average Bonchev–Trinajstić information content (AvgIpc) is 2.69. The van der Waals surface area contributed by atoms with E-state index in [2.05, 4.69) is 22.3 Å². The van der Waals surface area contributed by atoms with Crippen LogP contribution in [0.15, 0.2) is 72.8 Å². The number of para-hydroxylation sites is 1. The molecule has 1 amide bonds. The quantitative estimate of drug-likeness (QED) is 0.694. The van der Waals surface area contributed by atoms with Crippen molar-refractivity contribution in [3.8, 4) is 5.88 Å². The number of ether oxygens (including phenoxy) is 1. The van der Waals surface area contributed by atoms with Gasteiger partial charge in [0, 0.05) is 18.3 Å². The number of hydrogen-bond acceptors (Lipinski definition) is 4. The molecule has 0 aliphatic rings. The second kappa shape index (κ2) is 8.06. The van der Waals surface area contributed by atoms with Gasteiger partial charge in [0.1, 0.15) is 0 Å². The molecule has 0 fully saturated rings. The van der Waals surface area contributed by atoms with Gasteiger partial charge in [0.15, 0.2) is 5.69 Å². The fraction of sp³-hybridized carbons (Fsp3) is 0.150. The Balaban J connectivity index is 1.83. The molecule has 2 aromatic carbocycles. The largest absolute Gasteiger partial charge is 0.480 e. The van der Waals surface area contributed by atoms with Crippen molar-refractivity contribution in [3.63, 3.8) is 0 Å². The van der Waals surface area contributed by atoms with Gasteiger partial charge >= 0.3 is 0 Å². The van der Waals surface area contributed by atoms with Gasteiger partial charge in [-0.05, 0) is 30.2 Å². The standard InChI is InChI=1S/C20H19N3O2/c1-25-19-13-12-18(21-22-19)20(24)23(17-10-6-3-7-11-17)15-14-16-8-4-2-5-9-16/h2-13H,14-15H2,1H3. The number of carbonyl (C=O) groups excluding carboxylic acids is 1. The number of rotatable bonds is 6. The second-order valence-corrected chi connectivity index (χ2v) is 5.49. The number of carbonyl (C=O) groups is 1. The topological polar surface area (TPSA) is 55.3 Å². The summed E-state index contributed by atoms with van der Waals surface area (Å²) < 4.78 is 5.00. The Morgan fingerprint density at radius 2 is 1.60 bits per heavy atom. The highest BCUT2D eigenvalue weighted by Gasteiger charge is 2.19. The molecule has 126 valence electrons. The van der Waals surface area contributed by atoms with E-state index in [4.69, 9.17) is 4.74 Å². The highest BCUT2D eigenvalue weighted by molar-refractivity contribution is 6.04. The predicted molar refractivity (Wildman–Crippen MR) is 96.8 cm³/mol. The lowest BCUT2D eigenvalue weighted by molar-refractivity contribution is 0.0981. The van der Waals surface area contributed by atoms with E-state index in [0.29, 0.717) is 12.4 Å². The lowest BCUT2D eigenvalue weighted by Crippen LogP contribution is -2.33. The monoisotopic (exact) mass is 333 g/mol. The van der Waals surface area contributed by atoms with Crippen LogP contribution in [0.4, 0.5) is 5.69 Å². The van der Waals surface area contributed by atoms with Crippen LogP contribution >= 0.6 is 0 Å². The van der Waals surface area contributed by atoms with Crippen molar-refractivity contribution in [2.45, 2.75) is 6.42 Å². The highest BCUT2D eigenvalue weighted by Crippen LogP contribution is 2.17. The minimum Gasteiger partial charge on any atom is -0.480 e. The molecule has 0 unspecified atom stereocenters. The minimum absolute atomic E-state index is 0.183. The van der Waals surface area contributed by atoms with Gasteiger partial charge in [-0.3, -0.25) is 4.79 Å². The summed E-state index contributed by atoms with van der Waals surface area (Å²) >= 11 is 0. The summed E-state index contributed by atoms with van der Waals surface area (Å²) in [6.45, 7) is 0.556. The van der Waals surface area contributed by atoms with Gasteiger partial charge < -0.3 is 9.64 Å². The fourth-order valence-electron chi connectivity index (χ4n) is 2.52. The molecule has 3 rings (SSSR count). The average molecular weight is 333 g/mol. The zero-order chi connectivity index (χ0) is 17.5. The molecule has 0 aliphatic heterocycles. The molecule has 25 heavy (non-hydrogen) atoms. The molecule has 1 heterocycles. The van der Waals surface area contributed by atoms with Crippen LogP contribution in [-0.4, -0.2) is 29.8 Å². The van der Waals surface area contributed by atoms with Gasteiger partial charge in [-0.1, -0.05) is 48.5 Å². The second-order valence-electron chi connectivity index (χ2n) is 5.49. The van der Waals surface area contributed by atoms with Crippen molar-refractivity contribution in [2.75, 3.05) is 18.6 Å². The maximum atomic E-state index is 12.9. The molecule has 0 radical (unpaired) electrons. The number of nitrogens with zero attached hydrogens (tertiary/aromatic N) is 3. The van der Waals surface area contributed by atoms with E-state index in [1.807, 2.05) is 48.5 Å². The van der Waals surface area contributed by atoms with E-state index >= 15 is 0 Å². The van der Waals surface area contributed by atoms with Gasteiger partial charge in [-0.25, -0.2) is 0 Å². The minimum atomic E-state index is -0.183. The van der Waals surface area contributed by atoms with Crippen molar-refractivity contribution >= 4 is 11.6 Å². The van der Waals surface area contributed by atoms with Crippen molar-refractivity contribution in [2.24, 2.45) is 0 Å². The zero-order valence-corrected chi connectivity index (χ0v) is 14.0. The fourth-order valence-corrected chi connectivity index (χ4v) is 2.52. The van der Waals surface area contributed by atoms with Crippen molar-refractivity contribution in [1.29, 1.82) is 0 Å². The maximum absolute atomic E-state index is 12.9. The molecule has 0 N–H and O–H groups in total. The molecule has 0 saturated heterocycles. The molecule has 3 aromatic rings. The van der Waals surface area contributed by atoms with Crippen LogP contribution in [0.3, 0.4) is 0 Å². The van der Waals surface area contributed by atoms with Crippen molar-refractivity contribution in [1.82, 2.24) is 10.2 Å². The van der Waals surface area contributed by atoms with Crippen LogP contribution in [0.5, 0.6) is 5.88 Å². The number of benzene rings is 2. The lowest BCUT2D eigenvalue weighted by Gasteiger charge is -2.22. The normalized spacial score (nSPS) is 10.3. The van der Waals surface area contributed by atoms with Gasteiger partial charge in [-0.15, -0.1) is 10.2 Å². The first kappa shape index (κ1) is 16.6. The summed E-state index contributed by atoms with van der Waals surface area (Å²) in [7, 11) is 1.52. The maximum Gasteiger partial charge on any atom is 0.278 e. The lowest BCUT2D eigenvalue weighted by atomic mass is 10.1. The first-order chi connectivity index (χ1) is 12.3. The van der Waals surface area contributed by atoms with E-state index in [1.54, 1.807) is 17.0 Å². The number of aromatic nitrogens is 2. The SMILES string of the molecule is COc1ccc(C(=O)N(CCc2ccccc2)c2ccccc2)nn1. The van der Waals surface area contributed by atoms with Crippen molar-refractivity contribution < 1.29 is 9.53 Å². The Labute approximate surface area is 146 Å². The van der Waals surface area contributed by atoms with Crippen molar-refractivity contribution in [3.05, 3.63) is 84.1 Å². The molecule has 0 spiro atoms. The predicted octanol–water partition coefficient (Wildman–Crippen LogP) is 3.37. The van der Waals surface area contributed by atoms with Crippen LogP contribution in [0.1, 0.15) is 16.1 Å². The third-order valence-corrected chi connectivity index (χ3v) is 3.85. The van der Waals surface area contributed by atoms with Crippen LogP contribution in [-0.2, 0) is 6.42 Å². The highest BCUT2D eigenvalue weighted by atomic mass is 16.5. The van der Waals surface area contributed by atoms with Gasteiger partial charge in [0.25, 0.3) is 5.91 Å². The molecule has 0 atom stereocenters. The zero-order valence-electron chi connectivity index (χ0n) is 14.0. The number of anilines is 1. The Morgan fingerprint density at radius 3 is 2.20 bits per heavy atom. The molecule has 1 aromatic heterocycles. The van der Waals surface area contributed by atoms with Crippen LogP contribution in [0.25, 0.3) is 0 Å². The van der Waals surface area contributed by atoms with Crippen LogP contribution < -0.4 is 9.64 Å². The third-order valence-electron chi connectivity index (χ3n) is 3.85. The summed E-state index contributed by atoms with van der Waals surface area (Å²) in [6.07, 6.45) is 0.755. The molecule has 0 saturated carbocycles. The summed E-state index contributed by atoms with van der Waals surface area (Å²) in [5.41, 5.74) is 2.30. The molecule has 0 bridgehead atoms. The Hall–Kier alpha value is -3.21. The van der Waals surface area contributed by atoms with Gasteiger partial charge in [-0.2, -0.15) is 0 Å². The Bertz CT molecular complexity index is 805. The smallest absolute Gasteiger partial charge is 0.278 e. The Morgan fingerprint density at radius 1 is 0.920 bits per heavy atom. The summed E-state index contributed by atoms with van der Waals surface area (Å²) in [4.78, 5) is 14.7. The number of amides is 1. The van der Waals surface area contributed by atoms with E-state index in [-0.39, 0.29) is 11.6 Å². The molecule has 0 aliphatic carbocycles. The first-order valence-electron chi connectivity index (χ1n) is 8.06. The van der Waals surface area contributed by atoms with Gasteiger partial charge in [0.2, 0.25) is 5.88 Å². The van der Waals surface area contributed by atoms with E-state index in [0.717, 1.165) is 12.1 Å². The molecular formula is C20H19N3O2. The summed E-state index contributed by atoms with van der Waals surface area (Å²) in [5.74, 6) is 0.199. The van der Waals surface area contributed by atoms with E-state index in [1.165, 1.54) is 12.7 Å². The molecule has 5 nitrogen and oxygen atoms in total. The number of methoxy groups -OCH3 is 1. The molecular weight excluding hydrogens is 314 g/mol. The summed E-state index contributed by atoms with van der Waals surface area (Å²) in [5, 5.41) is 7.88.